The molecule has 2 amide bonds. The Hall–Kier alpha value is -3.03. The van der Waals surface area contributed by atoms with Gasteiger partial charge in [-0.3, -0.25) is 9.59 Å². The SMILES string of the molecule is CCCc1cc(C(=O)N[C@H]2CC[C@]3(CCC(=O)N3)[C@@H](c3ccc(OC)c(OC)c3)C2)no1. The van der Waals surface area contributed by atoms with Crippen molar-refractivity contribution in [2.45, 2.75) is 69.4 Å². The molecule has 3 atom stereocenters. The lowest BCUT2D eigenvalue weighted by atomic mass is 9.67. The molecule has 172 valence electrons. The fourth-order valence-electron chi connectivity index (χ4n) is 5.12. The highest BCUT2D eigenvalue weighted by Crippen LogP contribution is 2.47. The molecule has 2 heterocycles. The van der Waals surface area contributed by atoms with Crippen LogP contribution in [0.15, 0.2) is 28.8 Å². The summed E-state index contributed by atoms with van der Waals surface area (Å²) in [6.45, 7) is 2.05. The molecule has 1 aliphatic heterocycles. The van der Waals surface area contributed by atoms with E-state index < -0.39 is 0 Å². The number of aromatic nitrogens is 1. The average molecular weight is 442 g/mol. The van der Waals surface area contributed by atoms with Gasteiger partial charge < -0.3 is 24.6 Å². The second-order valence-electron chi connectivity index (χ2n) is 8.74. The van der Waals surface area contributed by atoms with Crippen LogP contribution in [0.5, 0.6) is 11.5 Å². The Balaban J connectivity index is 1.56. The monoisotopic (exact) mass is 441 g/mol. The highest BCUT2D eigenvalue weighted by molar-refractivity contribution is 5.92. The highest BCUT2D eigenvalue weighted by Gasteiger charge is 2.48. The largest absolute Gasteiger partial charge is 0.493 e. The second-order valence-corrected chi connectivity index (χ2v) is 8.74. The Morgan fingerprint density at radius 1 is 1.25 bits per heavy atom. The zero-order valence-electron chi connectivity index (χ0n) is 18.9. The molecular formula is C24H31N3O5. The topological polar surface area (TPSA) is 103 Å². The van der Waals surface area contributed by atoms with Gasteiger partial charge in [0.05, 0.1) is 14.2 Å². The molecule has 8 nitrogen and oxygen atoms in total. The summed E-state index contributed by atoms with van der Waals surface area (Å²) >= 11 is 0. The smallest absolute Gasteiger partial charge is 0.273 e. The number of carbonyl (C=O) groups is 2. The lowest BCUT2D eigenvalue weighted by molar-refractivity contribution is -0.120. The number of benzene rings is 1. The van der Waals surface area contributed by atoms with E-state index in [9.17, 15) is 9.59 Å². The van der Waals surface area contributed by atoms with Crippen molar-refractivity contribution in [3.8, 4) is 11.5 Å². The van der Waals surface area contributed by atoms with Crippen LogP contribution in [0.2, 0.25) is 0 Å². The highest BCUT2D eigenvalue weighted by atomic mass is 16.5. The van der Waals surface area contributed by atoms with E-state index in [4.69, 9.17) is 14.0 Å². The minimum Gasteiger partial charge on any atom is -0.493 e. The van der Waals surface area contributed by atoms with Crippen LogP contribution in [0.3, 0.4) is 0 Å². The number of methoxy groups -OCH3 is 2. The zero-order valence-corrected chi connectivity index (χ0v) is 18.9. The lowest BCUT2D eigenvalue weighted by Gasteiger charge is -2.45. The van der Waals surface area contributed by atoms with E-state index in [1.165, 1.54) is 0 Å². The van der Waals surface area contributed by atoms with E-state index in [0.29, 0.717) is 30.0 Å². The van der Waals surface area contributed by atoms with Crippen LogP contribution in [0.4, 0.5) is 0 Å². The Bertz CT molecular complexity index is 988. The van der Waals surface area contributed by atoms with Crippen molar-refractivity contribution < 1.29 is 23.6 Å². The zero-order chi connectivity index (χ0) is 22.7. The summed E-state index contributed by atoms with van der Waals surface area (Å²) in [7, 11) is 3.22. The molecule has 1 aromatic carbocycles. The summed E-state index contributed by atoms with van der Waals surface area (Å²) in [5.41, 5.74) is 1.07. The third-order valence-corrected chi connectivity index (χ3v) is 6.75. The van der Waals surface area contributed by atoms with E-state index >= 15 is 0 Å². The number of ether oxygens (including phenoxy) is 2. The van der Waals surface area contributed by atoms with Crippen molar-refractivity contribution >= 4 is 11.8 Å². The fraction of sp³-hybridized carbons (Fsp3) is 0.542. The summed E-state index contributed by atoms with van der Waals surface area (Å²) in [4.78, 5) is 25.0. The summed E-state index contributed by atoms with van der Waals surface area (Å²) in [6.07, 6.45) is 5.29. The number of nitrogens with one attached hydrogen (secondary N) is 2. The molecule has 8 heteroatoms. The first kappa shape index (κ1) is 22.2. The van der Waals surface area contributed by atoms with E-state index in [-0.39, 0.29) is 29.3 Å². The quantitative estimate of drug-likeness (QED) is 0.683. The number of hydrogen-bond acceptors (Lipinski definition) is 6. The summed E-state index contributed by atoms with van der Waals surface area (Å²) in [6, 6.07) is 7.58. The second kappa shape index (κ2) is 9.22. The predicted molar refractivity (Wildman–Crippen MR) is 118 cm³/mol. The van der Waals surface area contributed by atoms with Gasteiger partial charge in [-0.1, -0.05) is 18.1 Å². The maximum absolute atomic E-state index is 12.8. The van der Waals surface area contributed by atoms with Gasteiger partial charge in [-0.05, 0) is 49.8 Å². The molecule has 1 saturated heterocycles. The molecule has 2 N–H and O–H groups in total. The van der Waals surface area contributed by atoms with Crippen molar-refractivity contribution in [1.29, 1.82) is 0 Å². The third kappa shape index (κ3) is 4.31. The normalized spacial score (nSPS) is 24.9. The van der Waals surface area contributed by atoms with Gasteiger partial charge in [-0.25, -0.2) is 0 Å². The van der Waals surface area contributed by atoms with Crippen LogP contribution in [0.1, 0.15) is 73.2 Å². The van der Waals surface area contributed by atoms with E-state index in [0.717, 1.165) is 43.4 Å². The molecule has 2 aromatic rings. The number of hydrogen-bond donors (Lipinski definition) is 2. The molecule has 0 radical (unpaired) electrons. The van der Waals surface area contributed by atoms with Crippen molar-refractivity contribution in [2.75, 3.05) is 14.2 Å². The van der Waals surface area contributed by atoms with Crippen molar-refractivity contribution in [2.24, 2.45) is 0 Å². The molecule has 1 spiro atoms. The van der Waals surface area contributed by atoms with Gasteiger partial charge in [0.2, 0.25) is 5.91 Å². The van der Waals surface area contributed by atoms with Gasteiger partial charge in [-0.15, -0.1) is 0 Å². The van der Waals surface area contributed by atoms with E-state index in [1.54, 1.807) is 20.3 Å². The summed E-state index contributed by atoms with van der Waals surface area (Å²) < 4.78 is 16.2. The van der Waals surface area contributed by atoms with Crippen LogP contribution < -0.4 is 20.1 Å². The third-order valence-electron chi connectivity index (χ3n) is 6.75. The van der Waals surface area contributed by atoms with Crippen LogP contribution in [0, 0.1) is 0 Å². The van der Waals surface area contributed by atoms with Gasteiger partial charge in [-0.2, -0.15) is 0 Å². The molecule has 2 aliphatic rings. The molecule has 0 unspecified atom stereocenters. The molecule has 1 aromatic heterocycles. The summed E-state index contributed by atoms with van der Waals surface area (Å²) in [5.74, 6) is 1.94. The molecule has 0 bridgehead atoms. The van der Waals surface area contributed by atoms with Crippen molar-refractivity contribution in [3.05, 3.63) is 41.3 Å². The standard InChI is InChI=1S/C24H31N3O5/c1-4-5-17-14-19(27-32-17)23(29)25-16-8-10-24(11-9-22(28)26-24)18(13-16)15-6-7-20(30-2)21(12-15)31-3/h6-7,12,14,16,18H,4-5,8-11,13H2,1-3H3,(H,25,29)(H,26,28)/t16-,18+,24-/m0/s1. The molecule has 4 rings (SSSR count). The first-order valence-electron chi connectivity index (χ1n) is 11.3. The Kier molecular flexibility index (Phi) is 6.39. The van der Waals surface area contributed by atoms with E-state index in [1.807, 2.05) is 18.2 Å². The van der Waals surface area contributed by atoms with Gasteiger partial charge in [0, 0.05) is 36.4 Å². The molecular weight excluding hydrogens is 410 g/mol. The predicted octanol–water partition coefficient (Wildman–Crippen LogP) is 3.36. The van der Waals surface area contributed by atoms with Gasteiger partial charge in [0.1, 0.15) is 5.76 Å². The molecule has 2 fully saturated rings. The van der Waals surface area contributed by atoms with E-state index in [2.05, 4.69) is 22.7 Å². The number of aryl methyl sites for hydroxylation is 1. The first-order valence-corrected chi connectivity index (χ1v) is 11.3. The first-order chi connectivity index (χ1) is 15.5. The Morgan fingerprint density at radius 2 is 2.06 bits per heavy atom. The number of rotatable bonds is 7. The average Bonchev–Trinajstić information content (AvgIpc) is 3.42. The lowest BCUT2D eigenvalue weighted by Crippen LogP contribution is -2.53. The van der Waals surface area contributed by atoms with Crippen LogP contribution in [0.25, 0.3) is 0 Å². The Morgan fingerprint density at radius 3 is 2.75 bits per heavy atom. The van der Waals surface area contributed by atoms with Crippen LogP contribution >= 0.6 is 0 Å². The van der Waals surface area contributed by atoms with Crippen LogP contribution in [-0.4, -0.2) is 42.8 Å². The van der Waals surface area contributed by atoms with Gasteiger partial charge in [0.15, 0.2) is 17.2 Å². The van der Waals surface area contributed by atoms with Crippen LogP contribution in [-0.2, 0) is 11.2 Å². The van der Waals surface area contributed by atoms with Crippen molar-refractivity contribution in [3.63, 3.8) is 0 Å². The van der Waals surface area contributed by atoms with Crippen molar-refractivity contribution in [1.82, 2.24) is 15.8 Å². The Labute approximate surface area is 188 Å². The maximum Gasteiger partial charge on any atom is 0.273 e. The number of nitrogens with zero attached hydrogens (tertiary/aromatic N) is 1. The minimum absolute atomic E-state index is 0.0324. The minimum atomic E-state index is -0.305. The summed E-state index contributed by atoms with van der Waals surface area (Å²) in [5, 5.41) is 10.3. The maximum atomic E-state index is 12.8. The molecule has 1 saturated carbocycles. The molecule has 32 heavy (non-hydrogen) atoms. The molecule has 1 aliphatic carbocycles. The number of amides is 2. The van der Waals surface area contributed by atoms with Gasteiger partial charge >= 0.3 is 0 Å². The number of carbonyl (C=O) groups excluding carboxylic acids is 2. The fourth-order valence-corrected chi connectivity index (χ4v) is 5.12. The van der Waals surface area contributed by atoms with Gasteiger partial charge in [0.25, 0.3) is 5.91 Å².